The van der Waals surface area contributed by atoms with E-state index in [1.807, 2.05) is 31.0 Å². The molecule has 0 aliphatic carbocycles. The van der Waals surface area contributed by atoms with Crippen LogP contribution in [-0.2, 0) is 11.3 Å². The molecule has 1 rings (SSSR count). The summed E-state index contributed by atoms with van der Waals surface area (Å²) >= 11 is 7.36. The van der Waals surface area contributed by atoms with Gasteiger partial charge in [-0.3, -0.25) is 9.69 Å². The molecule has 3 nitrogen and oxygen atoms in total. The molecule has 1 heterocycles. The van der Waals surface area contributed by atoms with Gasteiger partial charge < -0.3 is 5.73 Å². The second-order valence-electron chi connectivity index (χ2n) is 3.45. The van der Waals surface area contributed by atoms with Crippen molar-refractivity contribution in [1.29, 1.82) is 0 Å². The second-order valence-corrected chi connectivity index (χ2v) is 5.25. The Hall–Kier alpha value is -0.580. The molecule has 15 heavy (non-hydrogen) atoms. The molecule has 0 aliphatic rings. The number of hydrogen-bond acceptors (Lipinski definition) is 3. The summed E-state index contributed by atoms with van der Waals surface area (Å²) < 4.78 is 0.769. The minimum atomic E-state index is -0.275. The van der Waals surface area contributed by atoms with E-state index in [-0.39, 0.29) is 11.9 Å². The number of nitrogens with two attached hydrogens (primary N) is 1. The third kappa shape index (κ3) is 3.48. The summed E-state index contributed by atoms with van der Waals surface area (Å²) in [4.78, 5) is 14.2. The van der Waals surface area contributed by atoms with Crippen LogP contribution in [-0.4, -0.2) is 23.9 Å². The molecule has 5 heteroatoms. The SMILES string of the molecule is CCC(C(N)=O)N(C)Cc1ccc(Cl)s1. The Morgan fingerprint density at radius 3 is 2.73 bits per heavy atom. The minimum absolute atomic E-state index is 0.203. The Bertz CT molecular complexity index is 340. The smallest absolute Gasteiger partial charge is 0.234 e. The van der Waals surface area contributed by atoms with Crippen molar-refractivity contribution in [3.05, 3.63) is 21.3 Å². The number of hydrogen-bond donors (Lipinski definition) is 1. The monoisotopic (exact) mass is 246 g/mol. The highest BCUT2D eigenvalue weighted by Gasteiger charge is 2.18. The van der Waals surface area contributed by atoms with Crippen LogP contribution in [0.25, 0.3) is 0 Å². The number of primary amides is 1. The predicted molar refractivity (Wildman–Crippen MR) is 64.1 cm³/mol. The van der Waals surface area contributed by atoms with Crippen LogP contribution in [0.1, 0.15) is 18.2 Å². The van der Waals surface area contributed by atoms with Crippen LogP contribution in [0, 0.1) is 0 Å². The summed E-state index contributed by atoms with van der Waals surface area (Å²) in [6.07, 6.45) is 0.727. The lowest BCUT2D eigenvalue weighted by atomic mass is 10.2. The van der Waals surface area contributed by atoms with Crippen molar-refractivity contribution >= 4 is 28.8 Å². The lowest BCUT2D eigenvalue weighted by molar-refractivity contribution is -0.123. The fourth-order valence-corrected chi connectivity index (χ4v) is 2.67. The molecule has 2 N–H and O–H groups in total. The number of nitrogens with zero attached hydrogens (tertiary/aromatic N) is 1. The van der Waals surface area contributed by atoms with Crippen LogP contribution in [0.4, 0.5) is 0 Å². The van der Waals surface area contributed by atoms with Gasteiger partial charge in [0.25, 0.3) is 0 Å². The molecular weight excluding hydrogens is 232 g/mol. The zero-order chi connectivity index (χ0) is 11.4. The van der Waals surface area contributed by atoms with Gasteiger partial charge in [0.1, 0.15) is 0 Å². The number of rotatable bonds is 5. The number of carbonyl (C=O) groups excluding carboxylic acids is 1. The summed E-state index contributed by atoms with van der Waals surface area (Å²) in [5, 5.41) is 0. The van der Waals surface area contributed by atoms with Gasteiger partial charge in [-0.1, -0.05) is 18.5 Å². The minimum Gasteiger partial charge on any atom is -0.368 e. The van der Waals surface area contributed by atoms with E-state index in [1.54, 1.807) is 0 Å². The highest BCUT2D eigenvalue weighted by molar-refractivity contribution is 7.16. The molecule has 0 fully saturated rings. The first-order chi connectivity index (χ1) is 7.04. The van der Waals surface area contributed by atoms with Crippen molar-refractivity contribution in [2.45, 2.75) is 25.9 Å². The number of carbonyl (C=O) groups is 1. The van der Waals surface area contributed by atoms with Crippen molar-refractivity contribution in [2.24, 2.45) is 5.73 Å². The van der Waals surface area contributed by atoms with E-state index in [0.717, 1.165) is 15.6 Å². The summed E-state index contributed by atoms with van der Waals surface area (Å²) in [6, 6.07) is 3.63. The average Bonchev–Trinajstić information content (AvgIpc) is 2.51. The molecule has 0 radical (unpaired) electrons. The topological polar surface area (TPSA) is 46.3 Å². The molecule has 0 saturated carbocycles. The average molecular weight is 247 g/mol. The maximum Gasteiger partial charge on any atom is 0.234 e. The Morgan fingerprint density at radius 2 is 2.33 bits per heavy atom. The molecule has 1 aromatic rings. The van der Waals surface area contributed by atoms with E-state index < -0.39 is 0 Å². The maximum absolute atomic E-state index is 11.1. The first kappa shape index (κ1) is 12.5. The second kappa shape index (κ2) is 5.49. The number of halogens is 1. The van der Waals surface area contributed by atoms with Gasteiger partial charge in [0.15, 0.2) is 0 Å². The van der Waals surface area contributed by atoms with E-state index >= 15 is 0 Å². The van der Waals surface area contributed by atoms with E-state index in [9.17, 15) is 4.79 Å². The number of thiophene rings is 1. The van der Waals surface area contributed by atoms with Crippen LogP contribution >= 0.6 is 22.9 Å². The third-order valence-corrected chi connectivity index (χ3v) is 3.50. The first-order valence-corrected chi connectivity index (χ1v) is 5.97. The number of amides is 1. The van der Waals surface area contributed by atoms with Gasteiger partial charge in [-0.05, 0) is 25.6 Å². The Kier molecular flexibility index (Phi) is 4.57. The summed E-state index contributed by atoms with van der Waals surface area (Å²) in [6.45, 7) is 2.66. The van der Waals surface area contributed by atoms with Crippen LogP contribution in [0.3, 0.4) is 0 Å². The van der Waals surface area contributed by atoms with Crippen molar-refractivity contribution < 1.29 is 4.79 Å². The molecular formula is C10H15ClN2OS. The van der Waals surface area contributed by atoms with Crippen LogP contribution < -0.4 is 5.73 Å². The van der Waals surface area contributed by atoms with Gasteiger partial charge in [0.2, 0.25) is 5.91 Å². The molecule has 1 unspecified atom stereocenters. The third-order valence-electron chi connectivity index (χ3n) is 2.28. The fraction of sp³-hybridized carbons (Fsp3) is 0.500. The highest BCUT2D eigenvalue weighted by Crippen LogP contribution is 2.23. The molecule has 0 spiro atoms. The quantitative estimate of drug-likeness (QED) is 0.865. The fourth-order valence-electron chi connectivity index (χ4n) is 1.52. The van der Waals surface area contributed by atoms with Crippen molar-refractivity contribution in [2.75, 3.05) is 7.05 Å². The van der Waals surface area contributed by atoms with Gasteiger partial charge in [0, 0.05) is 11.4 Å². The van der Waals surface area contributed by atoms with Gasteiger partial charge >= 0.3 is 0 Å². The van der Waals surface area contributed by atoms with Crippen LogP contribution in [0.5, 0.6) is 0 Å². The van der Waals surface area contributed by atoms with E-state index in [1.165, 1.54) is 11.3 Å². The number of likely N-dealkylation sites (N-methyl/N-ethyl adjacent to an activating group) is 1. The molecule has 1 atom stereocenters. The van der Waals surface area contributed by atoms with E-state index in [4.69, 9.17) is 17.3 Å². The van der Waals surface area contributed by atoms with E-state index in [2.05, 4.69) is 0 Å². The summed E-state index contributed by atoms with van der Waals surface area (Å²) in [5.41, 5.74) is 5.30. The standard InChI is InChI=1S/C10H15ClN2OS/c1-3-8(10(12)14)13(2)6-7-4-5-9(11)15-7/h4-5,8H,3,6H2,1-2H3,(H2,12,14). The van der Waals surface area contributed by atoms with Crippen LogP contribution in [0.15, 0.2) is 12.1 Å². The van der Waals surface area contributed by atoms with E-state index in [0.29, 0.717) is 6.54 Å². The molecule has 0 saturated heterocycles. The Labute approximate surface area is 98.8 Å². The van der Waals surface area contributed by atoms with Gasteiger partial charge in [-0.25, -0.2) is 0 Å². The zero-order valence-electron chi connectivity index (χ0n) is 8.87. The molecule has 0 bridgehead atoms. The lowest BCUT2D eigenvalue weighted by Crippen LogP contribution is -2.41. The summed E-state index contributed by atoms with van der Waals surface area (Å²) in [5.74, 6) is -0.275. The Morgan fingerprint density at radius 1 is 1.67 bits per heavy atom. The zero-order valence-corrected chi connectivity index (χ0v) is 10.4. The Balaban J connectivity index is 2.61. The molecule has 84 valence electrons. The van der Waals surface area contributed by atoms with Crippen LogP contribution in [0.2, 0.25) is 4.34 Å². The van der Waals surface area contributed by atoms with Crippen molar-refractivity contribution in [1.82, 2.24) is 4.90 Å². The first-order valence-electron chi connectivity index (χ1n) is 4.78. The van der Waals surface area contributed by atoms with Gasteiger partial charge in [0.05, 0.1) is 10.4 Å². The van der Waals surface area contributed by atoms with Gasteiger partial charge in [-0.15, -0.1) is 11.3 Å². The van der Waals surface area contributed by atoms with Gasteiger partial charge in [-0.2, -0.15) is 0 Å². The lowest BCUT2D eigenvalue weighted by Gasteiger charge is -2.23. The summed E-state index contributed by atoms with van der Waals surface area (Å²) in [7, 11) is 1.90. The van der Waals surface area contributed by atoms with Crippen molar-refractivity contribution in [3.63, 3.8) is 0 Å². The highest BCUT2D eigenvalue weighted by atomic mass is 35.5. The molecule has 0 aromatic carbocycles. The molecule has 1 aromatic heterocycles. The largest absolute Gasteiger partial charge is 0.368 e. The normalized spacial score (nSPS) is 13.1. The molecule has 0 aliphatic heterocycles. The molecule has 1 amide bonds. The predicted octanol–water partition coefficient (Wildman–Crippen LogP) is 2.10. The van der Waals surface area contributed by atoms with Crippen molar-refractivity contribution in [3.8, 4) is 0 Å². The maximum atomic E-state index is 11.1.